The van der Waals surface area contributed by atoms with Crippen LogP contribution in [-0.2, 0) is 0 Å². The summed E-state index contributed by atoms with van der Waals surface area (Å²) >= 11 is 0. The minimum Gasteiger partial charge on any atom is -0.316 e. The van der Waals surface area contributed by atoms with Crippen LogP contribution in [0.5, 0.6) is 0 Å². The highest BCUT2D eigenvalue weighted by atomic mass is 14.9. The van der Waals surface area contributed by atoms with E-state index >= 15 is 0 Å². The predicted octanol–water partition coefficient (Wildman–Crippen LogP) is 4.47. The van der Waals surface area contributed by atoms with Crippen LogP contribution in [0.3, 0.4) is 0 Å². The zero-order valence-electron chi connectivity index (χ0n) is 12.4. The third-order valence-electron chi connectivity index (χ3n) is 3.19. The molecule has 1 atom stereocenters. The summed E-state index contributed by atoms with van der Waals surface area (Å²) in [6.45, 7) is 16.2. The fourth-order valence-corrected chi connectivity index (χ4v) is 2.13. The van der Waals surface area contributed by atoms with E-state index in [-0.39, 0.29) is 0 Å². The van der Waals surface area contributed by atoms with Crippen molar-refractivity contribution in [2.75, 3.05) is 13.1 Å². The SMILES string of the molecule is CCCC(CCCNCC(C)(C)C)C(C)C. The molecule has 1 N–H and O–H groups in total. The second-order valence-electron chi connectivity index (χ2n) is 6.67. The molecule has 16 heavy (non-hydrogen) atoms. The first-order valence-corrected chi connectivity index (χ1v) is 7.07. The Labute approximate surface area is 103 Å². The van der Waals surface area contributed by atoms with Crippen LogP contribution in [0, 0.1) is 17.3 Å². The lowest BCUT2D eigenvalue weighted by molar-refractivity contribution is 0.317. The first-order chi connectivity index (χ1) is 7.37. The Balaban J connectivity index is 3.55. The Kier molecular flexibility index (Phi) is 8.09. The van der Waals surface area contributed by atoms with Gasteiger partial charge in [0, 0.05) is 0 Å². The fourth-order valence-electron chi connectivity index (χ4n) is 2.13. The van der Waals surface area contributed by atoms with Crippen molar-refractivity contribution in [2.45, 2.75) is 67.2 Å². The monoisotopic (exact) mass is 227 g/mol. The minimum absolute atomic E-state index is 0.418. The molecule has 0 amide bonds. The Hall–Kier alpha value is -0.0400. The van der Waals surface area contributed by atoms with E-state index in [1.807, 2.05) is 0 Å². The van der Waals surface area contributed by atoms with E-state index in [0.29, 0.717) is 5.41 Å². The predicted molar refractivity (Wildman–Crippen MR) is 74.8 cm³/mol. The van der Waals surface area contributed by atoms with E-state index < -0.39 is 0 Å². The smallest absolute Gasteiger partial charge is 0.0000126 e. The van der Waals surface area contributed by atoms with Gasteiger partial charge in [-0.15, -0.1) is 0 Å². The van der Waals surface area contributed by atoms with Gasteiger partial charge in [-0.3, -0.25) is 0 Å². The first kappa shape index (κ1) is 16.0. The first-order valence-electron chi connectivity index (χ1n) is 7.07. The van der Waals surface area contributed by atoms with Crippen LogP contribution < -0.4 is 5.32 Å². The van der Waals surface area contributed by atoms with Gasteiger partial charge < -0.3 is 5.32 Å². The maximum Gasteiger partial charge on any atom is -0.0000126 e. The van der Waals surface area contributed by atoms with Gasteiger partial charge in [-0.1, -0.05) is 54.4 Å². The van der Waals surface area contributed by atoms with Crippen molar-refractivity contribution in [3.8, 4) is 0 Å². The second-order valence-corrected chi connectivity index (χ2v) is 6.67. The van der Waals surface area contributed by atoms with Gasteiger partial charge >= 0.3 is 0 Å². The zero-order valence-corrected chi connectivity index (χ0v) is 12.4. The zero-order chi connectivity index (χ0) is 12.6. The van der Waals surface area contributed by atoms with E-state index in [0.717, 1.165) is 18.4 Å². The Morgan fingerprint density at radius 1 is 1.06 bits per heavy atom. The quantitative estimate of drug-likeness (QED) is 0.603. The molecule has 0 saturated carbocycles. The van der Waals surface area contributed by atoms with Crippen molar-refractivity contribution in [1.29, 1.82) is 0 Å². The highest BCUT2D eigenvalue weighted by Gasteiger charge is 2.12. The summed E-state index contributed by atoms with van der Waals surface area (Å²) in [5.41, 5.74) is 0.418. The molecule has 1 heteroatoms. The molecule has 0 saturated heterocycles. The summed E-state index contributed by atoms with van der Waals surface area (Å²) in [6.07, 6.45) is 5.46. The maximum absolute atomic E-state index is 3.56. The van der Waals surface area contributed by atoms with Crippen molar-refractivity contribution >= 4 is 0 Å². The van der Waals surface area contributed by atoms with Gasteiger partial charge in [0.15, 0.2) is 0 Å². The molecule has 1 nitrogen and oxygen atoms in total. The molecular formula is C15H33N. The number of hydrogen-bond donors (Lipinski definition) is 1. The molecule has 0 spiro atoms. The van der Waals surface area contributed by atoms with Crippen LogP contribution in [0.25, 0.3) is 0 Å². The fraction of sp³-hybridized carbons (Fsp3) is 1.00. The molecule has 0 aliphatic heterocycles. The van der Waals surface area contributed by atoms with E-state index in [9.17, 15) is 0 Å². The van der Waals surface area contributed by atoms with Crippen LogP contribution in [0.1, 0.15) is 67.2 Å². The van der Waals surface area contributed by atoms with Crippen LogP contribution in [0.2, 0.25) is 0 Å². The van der Waals surface area contributed by atoms with Crippen molar-refractivity contribution in [1.82, 2.24) is 5.32 Å². The van der Waals surface area contributed by atoms with Crippen LogP contribution in [-0.4, -0.2) is 13.1 Å². The molecule has 0 bridgehead atoms. The third kappa shape index (κ3) is 9.21. The number of hydrogen-bond acceptors (Lipinski definition) is 1. The third-order valence-corrected chi connectivity index (χ3v) is 3.19. The molecule has 0 aliphatic carbocycles. The molecule has 0 aliphatic rings. The molecule has 0 rings (SSSR count). The number of nitrogens with one attached hydrogen (secondary N) is 1. The minimum atomic E-state index is 0.418. The molecule has 0 radical (unpaired) electrons. The van der Waals surface area contributed by atoms with Gasteiger partial charge in [0.25, 0.3) is 0 Å². The Morgan fingerprint density at radius 3 is 2.12 bits per heavy atom. The van der Waals surface area contributed by atoms with E-state index in [2.05, 4.69) is 46.9 Å². The highest BCUT2D eigenvalue weighted by Crippen LogP contribution is 2.22. The molecule has 0 aromatic heterocycles. The van der Waals surface area contributed by atoms with Crippen molar-refractivity contribution in [3.63, 3.8) is 0 Å². The lowest BCUT2D eigenvalue weighted by Crippen LogP contribution is -2.28. The maximum atomic E-state index is 3.56. The van der Waals surface area contributed by atoms with E-state index in [1.54, 1.807) is 0 Å². The van der Waals surface area contributed by atoms with E-state index in [4.69, 9.17) is 0 Å². The molecule has 0 heterocycles. The second kappa shape index (κ2) is 8.11. The lowest BCUT2D eigenvalue weighted by atomic mass is 9.87. The Morgan fingerprint density at radius 2 is 1.69 bits per heavy atom. The summed E-state index contributed by atoms with van der Waals surface area (Å²) in [4.78, 5) is 0. The summed E-state index contributed by atoms with van der Waals surface area (Å²) in [7, 11) is 0. The average Bonchev–Trinajstić information content (AvgIpc) is 2.13. The van der Waals surface area contributed by atoms with Gasteiger partial charge in [-0.05, 0) is 43.2 Å². The van der Waals surface area contributed by atoms with Gasteiger partial charge in [-0.25, -0.2) is 0 Å². The average molecular weight is 227 g/mol. The van der Waals surface area contributed by atoms with Crippen LogP contribution >= 0.6 is 0 Å². The van der Waals surface area contributed by atoms with E-state index in [1.165, 1.54) is 32.2 Å². The summed E-state index contributed by atoms with van der Waals surface area (Å²) < 4.78 is 0. The molecule has 0 aromatic rings. The molecule has 0 fully saturated rings. The van der Waals surface area contributed by atoms with Gasteiger partial charge in [0.05, 0.1) is 0 Å². The number of rotatable bonds is 8. The Bertz CT molecular complexity index is 155. The van der Waals surface area contributed by atoms with Crippen molar-refractivity contribution in [3.05, 3.63) is 0 Å². The standard InChI is InChI=1S/C15H33N/c1-7-9-14(13(2)3)10-8-11-16-12-15(4,5)6/h13-14,16H,7-12H2,1-6H3. The highest BCUT2D eigenvalue weighted by molar-refractivity contribution is 4.67. The summed E-state index contributed by atoms with van der Waals surface area (Å²) in [5.74, 6) is 1.78. The lowest BCUT2D eigenvalue weighted by Gasteiger charge is -2.22. The largest absolute Gasteiger partial charge is 0.316 e. The van der Waals surface area contributed by atoms with Gasteiger partial charge in [0.2, 0.25) is 0 Å². The topological polar surface area (TPSA) is 12.0 Å². The van der Waals surface area contributed by atoms with Crippen molar-refractivity contribution < 1.29 is 0 Å². The van der Waals surface area contributed by atoms with Crippen LogP contribution in [0.4, 0.5) is 0 Å². The molecule has 0 aromatic carbocycles. The van der Waals surface area contributed by atoms with Gasteiger partial charge in [-0.2, -0.15) is 0 Å². The van der Waals surface area contributed by atoms with Gasteiger partial charge in [0.1, 0.15) is 0 Å². The molecular weight excluding hydrogens is 194 g/mol. The summed E-state index contributed by atoms with van der Waals surface area (Å²) in [5, 5.41) is 3.56. The van der Waals surface area contributed by atoms with Crippen molar-refractivity contribution in [2.24, 2.45) is 17.3 Å². The molecule has 98 valence electrons. The summed E-state index contributed by atoms with van der Waals surface area (Å²) in [6, 6.07) is 0. The molecule has 1 unspecified atom stereocenters. The normalized spacial score (nSPS) is 14.4. The van der Waals surface area contributed by atoms with Crippen LogP contribution in [0.15, 0.2) is 0 Å².